The summed E-state index contributed by atoms with van der Waals surface area (Å²) in [5.41, 5.74) is 1.34. The molecule has 0 nitrogen and oxygen atoms in total. The van der Waals surface area contributed by atoms with Crippen LogP contribution in [-0.2, 0) is 14.0 Å². The molecule has 0 heterocycles. The maximum absolute atomic E-state index is 5.84. The van der Waals surface area contributed by atoms with Gasteiger partial charge in [-0.15, -0.1) is 0 Å². The molecule has 0 radical (unpaired) electrons. The van der Waals surface area contributed by atoms with Crippen LogP contribution in [0.3, 0.4) is 0 Å². The first-order chi connectivity index (χ1) is 5.61. The summed E-state index contributed by atoms with van der Waals surface area (Å²) in [5, 5.41) is 0. The normalized spacial score (nSPS) is 11.9. The molecule has 0 saturated carbocycles. The van der Waals surface area contributed by atoms with Crippen molar-refractivity contribution in [2.75, 3.05) is 0 Å². The third-order valence-electron chi connectivity index (χ3n) is 1.68. The van der Waals surface area contributed by atoms with E-state index in [9.17, 15) is 0 Å². The average molecular weight is 291 g/mol. The van der Waals surface area contributed by atoms with E-state index in [1.54, 1.807) is 0 Å². The summed E-state index contributed by atoms with van der Waals surface area (Å²) in [6.07, 6.45) is 0. The number of hydrogen-bond donors (Lipinski definition) is 0. The molecule has 0 bridgehead atoms. The van der Waals surface area contributed by atoms with Crippen LogP contribution in [0.25, 0.3) is 0 Å². The van der Waals surface area contributed by atoms with Crippen LogP contribution >= 0.6 is 19.4 Å². The second-order valence-corrected chi connectivity index (χ2v) is 8.76. The molecule has 1 aromatic carbocycles. The fraction of sp³-hybridized carbons (Fsp3) is 0.333. The topological polar surface area (TPSA) is 0 Å². The Morgan fingerprint density at radius 1 is 1.08 bits per heavy atom. The van der Waals surface area contributed by atoms with Crippen LogP contribution < -0.4 is 4.16 Å². The van der Waals surface area contributed by atoms with E-state index >= 15 is 0 Å². The van der Waals surface area contributed by atoms with Crippen molar-refractivity contribution in [2.24, 2.45) is 0 Å². The zero-order chi connectivity index (χ0) is 9.14. The van der Waals surface area contributed by atoms with Gasteiger partial charge in [-0.1, -0.05) is 0 Å². The van der Waals surface area contributed by atoms with E-state index in [2.05, 4.69) is 26.0 Å². The van der Waals surface area contributed by atoms with Crippen molar-refractivity contribution in [3.8, 4) is 0 Å². The molecule has 0 aromatic heterocycles. The Hall–Kier alpha value is 0.423. The number of rotatable bonds is 2. The quantitative estimate of drug-likeness (QED) is 0.733. The van der Waals surface area contributed by atoms with Gasteiger partial charge >= 0.3 is 87.1 Å². The van der Waals surface area contributed by atoms with Gasteiger partial charge in [-0.3, -0.25) is 0 Å². The van der Waals surface area contributed by atoms with Crippen molar-refractivity contribution in [1.82, 2.24) is 0 Å². The summed E-state index contributed by atoms with van der Waals surface area (Å²) in [6, 6.07) is 8.28. The van der Waals surface area contributed by atoms with E-state index in [1.807, 2.05) is 12.1 Å². The van der Waals surface area contributed by atoms with E-state index in [0.717, 1.165) is 4.16 Å². The molecule has 3 heteroatoms. The van der Waals surface area contributed by atoms with Crippen molar-refractivity contribution in [3.63, 3.8) is 0 Å². The van der Waals surface area contributed by atoms with Gasteiger partial charge in [0, 0.05) is 0 Å². The first-order valence-corrected chi connectivity index (χ1v) is 9.05. The predicted molar refractivity (Wildman–Crippen MR) is 51.9 cm³/mol. The van der Waals surface area contributed by atoms with Gasteiger partial charge in [0.1, 0.15) is 0 Å². The van der Waals surface area contributed by atoms with Gasteiger partial charge < -0.3 is 0 Å². The molecule has 0 saturated heterocycles. The minimum absolute atomic E-state index is 0.574. The molecule has 0 aliphatic heterocycles. The van der Waals surface area contributed by atoms with Crippen molar-refractivity contribution >= 4 is 23.5 Å². The molecule has 0 aliphatic rings. The van der Waals surface area contributed by atoms with Gasteiger partial charge in [-0.05, 0) is 0 Å². The Kier molecular flexibility index (Phi) is 4.03. The molecular formula is C9H11Cl2Ru. The summed E-state index contributed by atoms with van der Waals surface area (Å²) in [5.74, 6) is 0.574. The van der Waals surface area contributed by atoms with Gasteiger partial charge in [0.25, 0.3) is 0 Å². The summed E-state index contributed by atoms with van der Waals surface area (Å²) in [4.78, 5) is 0. The van der Waals surface area contributed by atoms with Gasteiger partial charge in [-0.2, -0.15) is 0 Å². The predicted octanol–water partition coefficient (Wildman–Crippen LogP) is 3.36. The molecule has 0 spiro atoms. The minimum atomic E-state index is -1.68. The Labute approximate surface area is 86.9 Å². The molecule has 12 heavy (non-hydrogen) atoms. The van der Waals surface area contributed by atoms with Crippen LogP contribution in [0.1, 0.15) is 25.3 Å². The van der Waals surface area contributed by atoms with Crippen LogP contribution in [0.15, 0.2) is 24.3 Å². The molecule has 1 aromatic rings. The number of benzene rings is 1. The fourth-order valence-corrected chi connectivity index (χ4v) is 2.71. The maximum atomic E-state index is 5.84. The number of halogens is 2. The molecule has 69 valence electrons. The first-order valence-electron chi connectivity index (χ1n) is 3.71. The van der Waals surface area contributed by atoms with Crippen LogP contribution in [0.5, 0.6) is 0 Å². The fourth-order valence-electron chi connectivity index (χ4n) is 0.933. The van der Waals surface area contributed by atoms with Crippen LogP contribution in [0, 0.1) is 0 Å². The van der Waals surface area contributed by atoms with Crippen molar-refractivity contribution in [1.29, 1.82) is 0 Å². The van der Waals surface area contributed by atoms with Crippen molar-refractivity contribution in [2.45, 2.75) is 19.8 Å². The molecule has 0 aliphatic carbocycles. The molecule has 0 amide bonds. The zero-order valence-electron chi connectivity index (χ0n) is 7.00. The third-order valence-corrected chi connectivity index (χ3v) is 4.85. The third kappa shape index (κ3) is 2.73. The standard InChI is InChI=1S/C9H11.2ClH.Ru/c1-8(2)9-6-4-3-5-7-9;;;/h4-8H,1-2H3;2*1H;/q;;;+2/p-2. The Morgan fingerprint density at radius 2 is 1.58 bits per heavy atom. The van der Waals surface area contributed by atoms with Crippen LogP contribution in [-0.4, -0.2) is 0 Å². The van der Waals surface area contributed by atoms with E-state index in [0.29, 0.717) is 5.92 Å². The van der Waals surface area contributed by atoms with Crippen LogP contribution in [0.2, 0.25) is 0 Å². The average Bonchev–Trinajstić information content (AvgIpc) is 2.04. The van der Waals surface area contributed by atoms with Crippen LogP contribution in [0.4, 0.5) is 0 Å². The summed E-state index contributed by atoms with van der Waals surface area (Å²) in [6.45, 7) is 4.34. The number of hydrogen-bond acceptors (Lipinski definition) is 0. The van der Waals surface area contributed by atoms with Crippen molar-refractivity contribution < 1.29 is 14.0 Å². The second-order valence-electron chi connectivity index (χ2n) is 2.88. The molecule has 1 rings (SSSR count). The summed E-state index contributed by atoms with van der Waals surface area (Å²) >= 11 is -1.68. The van der Waals surface area contributed by atoms with Gasteiger partial charge in [0.15, 0.2) is 0 Å². The first kappa shape index (κ1) is 10.5. The summed E-state index contributed by atoms with van der Waals surface area (Å²) in [7, 11) is 11.7. The Morgan fingerprint density at radius 3 is 1.92 bits per heavy atom. The second kappa shape index (κ2) is 4.60. The van der Waals surface area contributed by atoms with E-state index in [4.69, 9.17) is 19.4 Å². The SMILES string of the molecule is CC(C)c1cc[c]([Ru]([Cl])[Cl])cc1. The summed E-state index contributed by atoms with van der Waals surface area (Å²) < 4.78 is 1.10. The molecular weight excluding hydrogens is 280 g/mol. The zero-order valence-corrected chi connectivity index (χ0v) is 10.2. The molecule has 0 fully saturated rings. The molecule has 0 atom stereocenters. The van der Waals surface area contributed by atoms with Gasteiger partial charge in [-0.25, -0.2) is 0 Å². The molecule has 0 N–H and O–H groups in total. The van der Waals surface area contributed by atoms with E-state index in [-0.39, 0.29) is 0 Å². The van der Waals surface area contributed by atoms with Gasteiger partial charge in [0.2, 0.25) is 0 Å². The van der Waals surface area contributed by atoms with Gasteiger partial charge in [0.05, 0.1) is 0 Å². The Bertz CT molecular complexity index is 214. The Balaban J connectivity index is 2.86. The monoisotopic (exact) mass is 291 g/mol. The van der Waals surface area contributed by atoms with E-state index < -0.39 is 14.0 Å². The molecule has 0 unspecified atom stereocenters. The van der Waals surface area contributed by atoms with E-state index in [1.165, 1.54) is 5.56 Å². The van der Waals surface area contributed by atoms with Crippen molar-refractivity contribution in [3.05, 3.63) is 29.8 Å².